The molecule has 0 fully saturated rings. The van der Waals surface area contributed by atoms with E-state index in [0.29, 0.717) is 33.4 Å². The van der Waals surface area contributed by atoms with Crippen LogP contribution in [0.3, 0.4) is 0 Å². The van der Waals surface area contributed by atoms with E-state index in [0.717, 1.165) is 5.52 Å². The molecule has 0 amide bonds. The zero-order valence-corrected chi connectivity index (χ0v) is 13.3. The second-order valence-corrected chi connectivity index (χ2v) is 5.84. The van der Waals surface area contributed by atoms with Crippen molar-refractivity contribution in [1.82, 2.24) is 14.4 Å². The number of anilines is 1. The van der Waals surface area contributed by atoms with Crippen LogP contribution in [-0.2, 0) is 0 Å². The fraction of sp³-hybridized carbons (Fsp3) is 0.0556. The van der Waals surface area contributed by atoms with Crippen LogP contribution < -0.4 is 17.0 Å². The van der Waals surface area contributed by atoms with E-state index < -0.39 is 11.2 Å². The Morgan fingerprint density at radius 2 is 1.92 bits per heavy atom. The Morgan fingerprint density at radius 3 is 2.72 bits per heavy atom. The molecular weight excluding hydrogens is 320 g/mol. The summed E-state index contributed by atoms with van der Waals surface area (Å²) in [6.07, 6.45) is 1.78. The number of ketones is 1. The molecule has 0 aliphatic carbocycles. The van der Waals surface area contributed by atoms with Crippen molar-refractivity contribution in [3.05, 3.63) is 80.3 Å². The number of H-pyrrole nitrogens is 2. The van der Waals surface area contributed by atoms with Crippen LogP contribution in [0.4, 0.5) is 5.69 Å². The Hall–Kier alpha value is -3.61. The largest absolute Gasteiger partial charge is 0.397 e. The quantitative estimate of drug-likeness (QED) is 0.483. The topological polar surface area (TPSA) is 113 Å². The smallest absolute Gasteiger partial charge is 0.326 e. The van der Waals surface area contributed by atoms with Gasteiger partial charge >= 0.3 is 5.69 Å². The van der Waals surface area contributed by atoms with E-state index in [4.69, 9.17) is 5.73 Å². The van der Waals surface area contributed by atoms with Gasteiger partial charge < -0.3 is 15.1 Å². The highest BCUT2D eigenvalue weighted by molar-refractivity contribution is 6.12. The summed E-state index contributed by atoms with van der Waals surface area (Å²) in [6, 6.07) is 10.1. The Balaban J connectivity index is 1.96. The number of benzene rings is 1. The van der Waals surface area contributed by atoms with E-state index >= 15 is 0 Å². The van der Waals surface area contributed by atoms with Crippen molar-refractivity contribution in [3.8, 4) is 0 Å². The number of nitrogens with one attached hydrogen (secondary N) is 2. The highest BCUT2D eigenvalue weighted by atomic mass is 16.2. The molecule has 4 N–H and O–H groups in total. The number of nitrogen functional groups attached to an aromatic ring is 1. The molecule has 0 unspecified atom stereocenters. The van der Waals surface area contributed by atoms with Gasteiger partial charge in [-0.15, -0.1) is 0 Å². The number of nitrogens with two attached hydrogens (primary N) is 1. The minimum Gasteiger partial charge on any atom is -0.397 e. The molecule has 4 rings (SSSR count). The molecule has 0 aliphatic rings. The predicted octanol–water partition coefficient (Wildman–Crippen LogP) is 1.59. The molecule has 7 nitrogen and oxygen atoms in total. The molecule has 0 bridgehead atoms. The molecule has 3 aromatic heterocycles. The first-order chi connectivity index (χ1) is 12.0. The number of rotatable bonds is 2. The summed E-state index contributed by atoms with van der Waals surface area (Å²) in [4.78, 5) is 41.0. The molecular formula is C18H14N4O3. The lowest BCUT2D eigenvalue weighted by molar-refractivity contribution is 0.103. The summed E-state index contributed by atoms with van der Waals surface area (Å²) in [5, 5.41) is 0.312. The number of hydrogen-bond acceptors (Lipinski definition) is 4. The summed E-state index contributed by atoms with van der Waals surface area (Å²) in [6.45, 7) is 1.79. The molecule has 124 valence electrons. The fourth-order valence-electron chi connectivity index (χ4n) is 3.09. The number of pyridine rings is 1. The maximum absolute atomic E-state index is 13.1. The van der Waals surface area contributed by atoms with Crippen molar-refractivity contribution < 1.29 is 4.79 Å². The normalized spacial score (nSPS) is 11.2. The highest BCUT2D eigenvalue weighted by Gasteiger charge is 2.20. The number of nitrogens with zero attached hydrogens (tertiary/aromatic N) is 1. The molecule has 7 heteroatoms. The lowest BCUT2D eigenvalue weighted by atomic mass is 10.0. The number of hydrogen-bond donors (Lipinski definition) is 3. The second kappa shape index (κ2) is 5.20. The average molecular weight is 334 g/mol. The van der Waals surface area contributed by atoms with E-state index in [1.54, 1.807) is 23.6 Å². The standard InChI is InChI=1S/C18H14N4O3/c1-9-14(19)13-4-2-3-7-22(13)15(9)16(23)10-5-6-11-12(8-10)20-18(25)21-17(11)24/h2-8H,19H2,1H3,(H2,20,21,24,25). The average Bonchev–Trinajstić information content (AvgIpc) is 2.85. The molecule has 3 heterocycles. The SMILES string of the molecule is Cc1c(N)c2ccccn2c1C(=O)c1ccc2c(=O)[nH]c(=O)[nH]c2c1. The van der Waals surface area contributed by atoms with Crippen LogP contribution in [0.15, 0.2) is 52.2 Å². The molecule has 0 saturated heterocycles. The number of aromatic nitrogens is 3. The zero-order chi connectivity index (χ0) is 17.7. The number of aromatic amines is 2. The summed E-state index contributed by atoms with van der Waals surface area (Å²) < 4.78 is 1.75. The van der Waals surface area contributed by atoms with Gasteiger partial charge in [-0.1, -0.05) is 12.1 Å². The van der Waals surface area contributed by atoms with Gasteiger partial charge in [-0.25, -0.2) is 4.79 Å². The van der Waals surface area contributed by atoms with Crippen molar-refractivity contribution in [2.75, 3.05) is 5.73 Å². The Kier molecular flexibility index (Phi) is 3.11. The van der Waals surface area contributed by atoms with E-state index in [-0.39, 0.29) is 5.78 Å². The Bertz CT molecular complexity index is 1280. The van der Waals surface area contributed by atoms with Crippen molar-refractivity contribution >= 4 is 27.9 Å². The monoisotopic (exact) mass is 334 g/mol. The zero-order valence-electron chi connectivity index (χ0n) is 13.3. The first-order valence-corrected chi connectivity index (χ1v) is 7.63. The second-order valence-electron chi connectivity index (χ2n) is 5.84. The Labute approximate surface area is 140 Å². The molecule has 0 atom stereocenters. The number of carbonyl (C=O) groups excluding carboxylic acids is 1. The third kappa shape index (κ3) is 2.17. The van der Waals surface area contributed by atoms with Gasteiger partial charge in [0.05, 0.1) is 27.8 Å². The molecule has 0 radical (unpaired) electrons. The van der Waals surface area contributed by atoms with E-state index in [2.05, 4.69) is 9.97 Å². The summed E-state index contributed by atoms with van der Waals surface area (Å²) in [7, 11) is 0. The fourth-order valence-corrected chi connectivity index (χ4v) is 3.09. The first kappa shape index (κ1) is 14.9. The van der Waals surface area contributed by atoms with Gasteiger partial charge in [-0.05, 0) is 31.2 Å². The maximum atomic E-state index is 13.1. The molecule has 25 heavy (non-hydrogen) atoms. The minimum absolute atomic E-state index is 0.238. The number of fused-ring (bicyclic) bond motifs is 2. The van der Waals surface area contributed by atoms with E-state index in [9.17, 15) is 14.4 Å². The molecule has 4 aromatic rings. The maximum Gasteiger partial charge on any atom is 0.326 e. The molecule has 0 spiro atoms. The van der Waals surface area contributed by atoms with E-state index in [1.807, 2.05) is 18.2 Å². The molecule has 1 aromatic carbocycles. The van der Waals surface area contributed by atoms with Gasteiger partial charge in [-0.2, -0.15) is 0 Å². The van der Waals surface area contributed by atoms with Crippen LogP contribution in [0.2, 0.25) is 0 Å². The Morgan fingerprint density at radius 1 is 1.12 bits per heavy atom. The third-order valence-electron chi connectivity index (χ3n) is 4.35. The van der Waals surface area contributed by atoms with Gasteiger partial charge in [0, 0.05) is 17.3 Å². The van der Waals surface area contributed by atoms with Crippen LogP contribution in [0.1, 0.15) is 21.6 Å². The van der Waals surface area contributed by atoms with Gasteiger partial charge in [0.1, 0.15) is 0 Å². The third-order valence-corrected chi connectivity index (χ3v) is 4.35. The van der Waals surface area contributed by atoms with Crippen molar-refractivity contribution in [2.24, 2.45) is 0 Å². The van der Waals surface area contributed by atoms with Crippen LogP contribution in [0.25, 0.3) is 16.4 Å². The van der Waals surface area contributed by atoms with Crippen molar-refractivity contribution in [1.29, 1.82) is 0 Å². The highest BCUT2D eigenvalue weighted by Crippen LogP contribution is 2.27. The molecule has 0 saturated carbocycles. The molecule has 0 aliphatic heterocycles. The first-order valence-electron chi connectivity index (χ1n) is 7.63. The lowest BCUT2D eigenvalue weighted by Gasteiger charge is -2.05. The van der Waals surface area contributed by atoms with Crippen molar-refractivity contribution in [3.63, 3.8) is 0 Å². The van der Waals surface area contributed by atoms with Crippen LogP contribution in [0, 0.1) is 6.92 Å². The van der Waals surface area contributed by atoms with Crippen LogP contribution in [-0.4, -0.2) is 20.2 Å². The van der Waals surface area contributed by atoms with Crippen LogP contribution >= 0.6 is 0 Å². The van der Waals surface area contributed by atoms with Gasteiger partial charge in [0.15, 0.2) is 0 Å². The van der Waals surface area contributed by atoms with Crippen molar-refractivity contribution in [2.45, 2.75) is 6.92 Å². The summed E-state index contributed by atoms with van der Waals surface area (Å²) >= 11 is 0. The van der Waals surface area contributed by atoms with E-state index in [1.165, 1.54) is 12.1 Å². The number of carbonyl (C=O) groups is 1. The predicted molar refractivity (Wildman–Crippen MR) is 95.2 cm³/mol. The van der Waals surface area contributed by atoms with Crippen LogP contribution in [0.5, 0.6) is 0 Å². The van der Waals surface area contributed by atoms with Gasteiger partial charge in [0.25, 0.3) is 5.56 Å². The summed E-state index contributed by atoms with van der Waals surface area (Å²) in [5.74, 6) is -0.238. The minimum atomic E-state index is -0.615. The van der Waals surface area contributed by atoms with Gasteiger partial charge in [-0.3, -0.25) is 14.6 Å². The van der Waals surface area contributed by atoms with Gasteiger partial charge in [0.2, 0.25) is 5.78 Å². The summed E-state index contributed by atoms with van der Waals surface area (Å²) in [5.41, 5.74) is 8.14. The lowest BCUT2D eigenvalue weighted by Crippen LogP contribution is -2.22.